The maximum atomic E-state index is 12.9. The van der Waals surface area contributed by atoms with Crippen LogP contribution in [0.4, 0.5) is 5.69 Å². The molecule has 0 radical (unpaired) electrons. The number of ether oxygens (including phenoxy) is 1. The fraction of sp³-hybridized carbons (Fsp3) is 0.278. The summed E-state index contributed by atoms with van der Waals surface area (Å²) in [7, 11) is -3.81. The quantitative estimate of drug-likeness (QED) is 0.677. The molecule has 0 bridgehead atoms. The van der Waals surface area contributed by atoms with E-state index in [0.29, 0.717) is 37.6 Å². The molecule has 1 aliphatic heterocycles. The van der Waals surface area contributed by atoms with Gasteiger partial charge in [0.25, 0.3) is 15.9 Å². The molecule has 0 atom stereocenters. The van der Waals surface area contributed by atoms with Crippen LogP contribution >= 0.6 is 27.7 Å². The Morgan fingerprint density at radius 3 is 2.44 bits per heavy atom. The number of morpholine rings is 1. The molecule has 1 amide bonds. The Balaban J connectivity index is 1.91. The van der Waals surface area contributed by atoms with Crippen molar-refractivity contribution < 1.29 is 17.9 Å². The number of benzene rings is 2. The minimum absolute atomic E-state index is 0.0554. The Morgan fingerprint density at radius 2 is 1.81 bits per heavy atom. The second-order valence-corrected chi connectivity index (χ2v) is 9.33. The van der Waals surface area contributed by atoms with Gasteiger partial charge >= 0.3 is 0 Å². The maximum Gasteiger partial charge on any atom is 0.261 e. The Morgan fingerprint density at radius 1 is 1.15 bits per heavy atom. The van der Waals surface area contributed by atoms with Gasteiger partial charge in [-0.2, -0.15) is 0 Å². The van der Waals surface area contributed by atoms with Crippen molar-refractivity contribution in [2.45, 2.75) is 9.79 Å². The molecule has 144 valence electrons. The van der Waals surface area contributed by atoms with Crippen molar-refractivity contribution in [3.8, 4) is 0 Å². The molecule has 1 aliphatic rings. The molecule has 1 fully saturated rings. The minimum atomic E-state index is -3.81. The molecule has 1 heterocycles. The molecule has 2 aromatic carbocycles. The monoisotopic (exact) mass is 470 g/mol. The van der Waals surface area contributed by atoms with E-state index in [-0.39, 0.29) is 10.8 Å². The number of halogens is 1. The summed E-state index contributed by atoms with van der Waals surface area (Å²) in [4.78, 5) is 15.4. The molecule has 1 N–H and O–H groups in total. The van der Waals surface area contributed by atoms with Crippen molar-refractivity contribution >= 4 is 49.3 Å². The van der Waals surface area contributed by atoms with E-state index >= 15 is 0 Å². The van der Waals surface area contributed by atoms with Gasteiger partial charge in [0, 0.05) is 28.1 Å². The highest BCUT2D eigenvalue weighted by atomic mass is 79.9. The van der Waals surface area contributed by atoms with Gasteiger partial charge < -0.3 is 9.64 Å². The number of hydrogen-bond donors (Lipinski definition) is 1. The third kappa shape index (κ3) is 4.84. The van der Waals surface area contributed by atoms with Crippen molar-refractivity contribution in [1.29, 1.82) is 0 Å². The van der Waals surface area contributed by atoms with Crippen molar-refractivity contribution in [3.05, 3.63) is 52.5 Å². The first-order valence-corrected chi connectivity index (χ1v) is 11.7. The smallest absolute Gasteiger partial charge is 0.261 e. The van der Waals surface area contributed by atoms with Gasteiger partial charge in [-0.25, -0.2) is 8.42 Å². The number of carbonyl (C=O) groups excluding carboxylic acids is 1. The first-order chi connectivity index (χ1) is 12.9. The lowest BCUT2D eigenvalue weighted by Gasteiger charge is -2.27. The topological polar surface area (TPSA) is 75.7 Å². The molecule has 0 aromatic heterocycles. The van der Waals surface area contributed by atoms with Gasteiger partial charge in [-0.1, -0.05) is 15.9 Å². The zero-order valence-electron chi connectivity index (χ0n) is 14.6. The predicted molar refractivity (Wildman–Crippen MR) is 110 cm³/mol. The van der Waals surface area contributed by atoms with E-state index in [4.69, 9.17) is 4.74 Å². The number of thioether (sulfide) groups is 1. The van der Waals surface area contributed by atoms with Gasteiger partial charge in [0.1, 0.15) is 0 Å². The zero-order chi connectivity index (χ0) is 19.4. The van der Waals surface area contributed by atoms with Gasteiger partial charge in [0.05, 0.1) is 23.7 Å². The van der Waals surface area contributed by atoms with Gasteiger partial charge in [-0.15, -0.1) is 11.8 Å². The van der Waals surface area contributed by atoms with E-state index in [1.807, 2.05) is 6.26 Å². The molecule has 3 rings (SSSR count). The van der Waals surface area contributed by atoms with Crippen molar-refractivity contribution in [3.63, 3.8) is 0 Å². The second-order valence-electron chi connectivity index (χ2n) is 5.88. The summed E-state index contributed by atoms with van der Waals surface area (Å²) in [5, 5.41) is 0. The van der Waals surface area contributed by atoms with Gasteiger partial charge in [0.2, 0.25) is 0 Å². The first-order valence-electron chi connectivity index (χ1n) is 8.24. The van der Waals surface area contributed by atoms with Gasteiger partial charge in [-0.3, -0.25) is 9.52 Å². The third-order valence-corrected chi connectivity index (χ3v) is 6.81. The summed E-state index contributed by atoms with van der Waals surface area (Å²) in [5.41, 5.74) is 0.844. The van der Waals surface area contributed by atoms with Crippen LogP contribution in [-0.4, -0.2) is 51.8 Å². The molecule has 0 aliphatic carbocycles. The second kappa shape index (κ2) is 8.64. The maximum absolute atomic E-state index is 12.9. The molecule has 0 saturated carbocycles. The van der Waals surface area contributed by atoms with E-state index in [1.165, 1.54) is 23.9 Å². The summed E-state index contributed by atoms with van der Waals surface area (Å²) in [6.45, 7) is 1.98. The number of nitrogens with one attached hydrogen (secondary N) is 1. The van der Waals surface area contributed by atoms with E-state index in [9.17, 15) is 13.2 Å². The van der Waals surface area contributed by atoms with Crippen LogP contribution in [0, 0.1) is 0 Å². The fourth-order valence-electron chi connectivity index (χ4n) is 2.69. The van der Waals surface area contributed by atoms with E-state index in [0.717, 1.165) is 9.37 Å². The molecule has 6 nitrogen and oxygen atoms in total. The van der Waals surface area contributed by atoms with Crippen molar-refractivity contribution in [2.75, 3.05) is 37.3 Å². The summed E-state index contributed by atoms with van der Waals surface area (Å²) >= 11 is 4.73. The number of carbonyl (C=O) groups is 1. The lowest BCUT2D eigenvalue weighted by Crippen LogP contribution is -2.40. The molecule has 27 heavy (non-hydrogen) atoms. The average molecular weight is 471 g/mol. The predicted octanol–water partition coefficient (Wildman–Crippen LogP) is 3.44. The fourth-order valence-corrected chi connectivity index (χ4v) is 4.61. The highest BCUT2D eigenvalue weighted by Gasteiger charge is 2.24. The number of amides is 1. The molecule has 0 spiro atoms. The standard InChI is InChI=1S/C18H19BrN2O4S2/c1-26-17-7-6-15(12-16(17)18(22)21-8-10-25-11-9-21)27(23,24)20-14-4-2-13(19)3-5-14/h2-7,12,20H,8-11H2,1H3. The van der Waals surface area contributed by atoms with Crippen molar-refractivity contribution in [2.24, 2.45) is 0 Å². The minimum Gasteiger partial charge on any atom is -0.378 e. The number of anilines is 1. The number of hydrogen-bond acceptors (Lipinski definition) is 5. The summed E-state index contributed by atoms with van der Waals surface area (Å²) < 4.78 is 34.2. The average Bonchev–Trinajstić information content (AvgIpc) is 2.69. The first kappa shape index (κ1) is 20.2. The third-order valence-electron chi connectivity index (χ3n) is 4.11. The van der Waals surface area contributed by atoms with Crippen LogP contribution in [0.15, 0.2) is 56.7 Å². The molecule has 0 unspecified atom stereocenters. The van der Waals surface area contributed by atoms with Crippen molar-refractivity contribution in [1.82, 2.24) is 4.90 Å². The number of nitrogens with zero attached hydrogens (tertiary/aromatic N) is 1. The molecule has 2 aromatic rings. The Bertz CT molecular complexity index is 927. The molecular weight excluding hydrogens is 452 g/mol. The van der Waals surface area contributed by atoms with E-state index in [1.54, 1.807) is 35.2 Å². The lowest BCUT2D eigenvalue weighted by molar-refractivity contribution is 0.0300. The zero-order valence-corrected chi connectivity index (χ0v) is 17.9. The number of rotatable bonds is 5. The molecule has 9 heteroatoms. The van der Waals surface area contributed by atoms with Crippen LogP contribution in [0.1, 0.15) is 10.4 Å². The van der Waals surface area contributed by atoms with Crippen LogP contribution in [-0.2, 0) is 14.8 Å². The SMILES string of the molecule is CSc1ccc(S(=O)(=O)Nc2ccc(Br)cc2)cc1C(=O)N1CCOCC1. The van der Waals surface area contributed by atoms with Gasteiger partial charge in [-0.05, 0) is 48.7 Å². The largest absolute Gasteiger partial charge is 0.378 e. The summed E-state index contributed by atoms with van der Waals surface area (Å²) in [5.74, 6) is -0.177. The normalized spacial score (nSPS) is 14.8. The molecular formula is C18H19BrN2O4S2. The van der Waals surface area contributed by atoms with Gasteiger partial charge in [0.15, 0.2) is 0 Å². The Hall–Kier alpha value is -1.55. The highest BCUT2D eigenvalue weighted by Crippen LogP contribution is 2.27. The Labute approximate surface area is 171 Å². The van der Waals surface area contributed by atoms with E-state index in [2.05, 4.69) is 20.7 Å². The summed E-state index contributed by atoms with van der Waals surface area (Å²) in [6, 6.07) is 11.5. The van der Waals surface area contributed by atoms with Crippen LogP contribution < -0.4 is 4.72 Å². The Kier molecular flexibility index (Phi) is 6.46. The highest BCUT2D eigenvalue weighted by molar-refractivity contribution is 9.10. The lowest BCUT2D eigenvalue weighted by atomic mass is 10.2. The summed E-state index contributed by atoms with van der Waals surface area (Å²) in [6.07, 6.45) is 1.86. The van der Waals surface area contributed by atoms with Crippen LogP contribution in [0.3, 0.4) is 0 Å². The van der Waals surface area contributed by atoms with Crippen LogP contribution in [0.5, 0.6) is 0 Å². The molecule has 1 saturated heterocycles. The van der Waals surface area contributed by atoms with Crippen LogP contribution in [0.2, 0.25) is 0 Å². The number of sulfonamides is 1. The van der Waals surface area contributed by atoms with E-state index < -0.39 is 10.0 Å². The van der Waals surface area contributed by atoms with Crippen LogP contribution in [0.25, 0.3) is 0 Å².